The smallest absolute Gasteiger partial charge is 0.248 e. The zero-order valence-corrected chi connectivity index (χ0v) is 13.5. The molecule has 24 heavy (non-hydrogen) atoms. The van der Waals surface area contributed by atoms with Crippen LogP contribution in [0, 0.1) is 0 Å². The molecular formula is C18H21N6+. The van der Waals surface area contributed by atoms with Crippen molar-refractivity contribution in [2.45, 2.75) is 19.0 Å². The maximum Gasteiger partial charge on any atom is 0.248 e. The van der Waals surface area contributed by atoms with Crippen LogP contribution in [-0.2, 0) is 6.54 Å². The normalized spacial score (nSPS) is 20.2. The number of quaternary nitrogens is 1. The Morgan fingerprint density at radius 3 is 2.58 bits per heavy atom. The van der Waals surface area contributed by atoms with Gasteiger partial charge >= 0.3 is 0 Å². The van der Waals surface area contributed by atoms with Gasteiger partial charge in [-0.1, -0.05) is 53.6 Å². The second-order valence-electron chi connectivity index (χ2n) is 6.25. The molecule has 3 aromatic rings. The molecular weight excluding hydrogens is 300 g/mol. The van der Waals surface area contributed by atoms with Crippen molar-refractivity contribution in [2.24, 2.45) is 0 Å². The van der Waals surface area contributed by atoms with Gasteiger partial charge in [0, 0.05) is 12.0 Å². The molecule has 1 fully saturated rings. The summed E-state index contributed by atoms with van der Waals surface area (Å²) in [7, 11) is 0. The fourth-order valence-corrected chi connectivity index (χ4v) is 3.30. The summed E-state index contributed by atoms with van der Waals surface area (Å²) in [6.07, 6.45) is 1.13. The summed E-state index contributed by atoms with van der Waals surface area (Å²) in [5.41, 5.74) is 2.36. The molecule has 0 amide bonds. The Morgan fingerprint density at radius 1 is 1.04 bits per heavy atom. The number of rotatable bonds is 5. The summed E-state index contributed by atoms with van der Waals surface area (Å²) in [4.78, 5) is 1.59. The summed E-state index contributed by atoms with van der Waals surface area (Å²) < 4.78 is 1.76. The Balaban J connectivity index is 1.40. The molecule has 122 valence electrons. The second kappa shape index (κ2) is 6.80. The molecule has 2 N–H and O–H groups in total. The van der Waals surface area contributed by atoms with E-state index in [9.17, 15) is 0 Å². The molecule has 0 bridgehead atoms. The Morgan fingerprint density at radius 2 is 1.79 bits per heavy atom. The Labute approximate surface area is 141 Å². The van der Waals surface area contributed by atoms with Gasteiger partial charge in [0.25, 0.3) is 0 Å². The van der Waals surface area contributed by atoms with Crippen molar-refractivity contribution in [3.63, 3.8) is 0 Å². The molecule has 4 rings (SSSR count). The Kier molecular flexibility index (Phi) is 4.20. The van der Waals surface area contributed by atoms with Gasteiger partial charge < -0.3 is 10.2 Å². The fourth-order valence-electron chi connectivity index (χ4n) is 3.30. The highest BCUT2D eigenvalue weighted by Crippen LogP contribution is 2.12. The molecule has 6 heteroatoms. The third-order valence-corrected chi connectivity index (χ3v) is 4.48. The number of benzene rings is 2. The highest BCUT2D eigenvalue weighted by Gasteiger charge is 2.27. The number of anilines is 1. The predicted octanol–water partition coefficient (Wildman–Crippen LogP) is 0.932. The lowest BCUT2D eigenvalue weighted by molar-refractivity contribution is -0.901. The lowest BCUT2D eigenvalue weighted by Gasteiger charge is -2.14. The molecule has 0 aliphatic carbocycles. The van der Waals surface area contributed by atoms with Crippen molar-refractivity contribution in [1.29, 1.82) is 0 Å². The van der Waals surface area contributed by atoms with Gasteiger partial charge in [0.2, 0.25) is 5.95 Å². The van der Waals surface area contributed by atoms with Crippen molar-refractivity contribution in [3.8, 4) is 5.69 Å². The Hall–Kier alpha value is -2.73. The minimum Gasteiger partial charge on any atom is -0.344 e. The third kappa shape index (κ3) is 3.28. The summed E-state index contributed by atoms with van der Waals surface area (Å²) >= 11 is 0. The minimum absolute atomic E-state index is 0.400. The van der Waals surface area contributed by atoms with Crippen molar-refractivity contribution >= 4 is 5.95 Å². The number of nitrogens with one attached hydrogen (secondary N) is 2. The maximum absolute atomic E-state index is 4.15. The highest BCUT2D eigenvalue weighted by molar-refractivity contribution is 5.38. The van der Waals surface area contributed by atoms with Crippen LogP contribution >= 0.6 is 0 Å². The summed E-state index contributed by atoms with van der Waals surface area (Å²) in [5.74, 6) is 0.715. The van der Waals surface area contributed by atoms with Crippen LogP contribution in [0.3, 0.4) is 0 Å². The van der Waals surface area contributed by atoms with Crippen molar-refractivity contribution < 1.29 is 4.90 Å². The van der Waals surface area contributed by atoms with Crippen LogP contribution in [0.25, 0.3) is 5.69 Å². The molecule has 0 saturated carbocycles. The van der Waals surface area contributed by atoms with Crippen LogP contribution in [0.1, 0.15) is 12.0 Å². The highest BCUT2D eigenvalue weighted by atomic mass is 15.6. The standard InChI is InChI=1S/C18H20N6/c1-3-7-15(8-4-1)13-23-12-11-16(14-23)19-18-20-21-22-24(18)17-9-5-2-6-10-17/h1-10,16H,11-14H2,(H,19,20,22)/p+1/t16-/m0/s1. The zero-order valence-electron chi connectivity index (χ0n) is 13.5. The molecule has 2 aromatic carbocycles. The molecule has 1 aromatic heterocycles. The van der Waals surface area contributed by atoms with E-state index in [1.807, 2.05) is 30.3 Å². The third-order valence-electron chi connectivity index (χ3n) is 4.48. The van der Waals surface area contributed by atoms with Crippen LogP contribution < -0.4 is 10.2 Å². The second-order valence-corrected chi connectivity index (χ2v) is 6.25. The minimum atomic E-state index is 0.400. The van der Waals surface area contributed by atoms with E-state index in [1.165, 1.54) is 12.1 Å². The molecule has 1 aliphatic rings. The van der Waals surface area contributed by atoms with Gasteiger partial charge in [-0.3, -0.25) is 0 Å². The molecule has 2 heterocycles. The molecule has 1 unspecified atom stereocenters. The van der Waals surface area contributed by atoms with E-state index in [0.29, 0.717) is 12.0 Å². The fraction of sp³-hybridized carbons (Fsp3) is 0.278. The maximum atomic E-state index is 4.15. The van der Waals surface area contributed by atoms with Crippen LogP contribution in [0.4, 0.5) is 5.95 Å². The summed E-state index contributed by atoms with van der Waals surface area (Å²) in [6, 6.07) is 21.0. The van der Waals surface area contributed by atoms with Crippen LogP contribution in [0.2, 0.25) is 0 Å². The molecule has 0 spiro atoms. The molecule has 1 aliphatic heterocycles. The van der Waals surface area contributed by atoms with Gasteiger partial charge in [0.15, 0.2) is 0 Å². The van der Waals surface area contributed by atoms with E-state index >= 15 is 0 Å². The molecule has 2 atom stereocenters. The number of nitrogens with zero attached hydrogens (tertiary/aromatic N) is 4. The monoisotopic (exact) mass is 321 g/mol. The van der Waals surface area contributed by atoms with Crippen LogP contribution in [-0.4, -0.2) is 39.3 Å². The van der Waals surface area contributed by atoms with Crippen molar-refractivity contribution in [3.05, 3.63) is 66.2 Å². The van der Waals surface area contributed by atoms with Gasteiger partial charge in [-0.25, -0.2) is 0 Å². The van der Waals surface area contributed by atoms with E-state index in [2.05, 4.69) is 51.2 Å². The van der Waals surface area contributed by atoms with Gasteiger partial charge in [0.1, 0.15) is 6.54 Å². The first-order valence-corrected chi connectivity index (χ1v) is 8.36. The first kappa shape index (κ1) is 14.8. The van der Waals surface area contributed by atoms with E-state index in [1.54, 1.807) is 9.58 Å². The average Bonchev–Trinajstić information content (AvgIpc) is 3.27. The number of likely N-dealkylation sites (tertiary alicyclic amines) is 1. The van der Waals surface area contributed by atoms with Crippen LogP contribution in [0.15, 0.2) is 60.7 Å². The largest absolute Gasteiger partial charge is 0.344 e. The average molecular weight is 321 g/mol. The predicted molar refractivity (Wildman–Crippen MR) is 92.0 cm³/mol. The van der Waals surface area contributed by atoms with Gasteiger partial charge in [-0.05, 0) is 22.6 Å². The van der Waals surface area contributed by atoms with Crippen molar-refractivity contribution in [2.75, 3.05) is 18.4 Å². The number of hydrogen-bond donors (Lipinski definition) is 2. The quantitative estimate of drug-likeness (QED) is 0.734. The van der Waals surface area contributed by atoms with E-state index in [0.717, 1.165) is 25.2 Å². The topological polar surface area (TPSA) is 60.1 Å². The zero-order chi connectivity index (χ0) is 16.2. The first-order chi connectivity index (χ1) is 11.9. The summed E-state index contributed by atoms with van der Waals surface area (Å²) in [5, 5.41) is 15.6. The van der Waals surface area contributed by atoms with E-state index in [-0.39, 0.29) is 0 Å². The van der Waals surface area contributed by atoms with Gasteiger partial charge in [-0.15, -0.1) is 0 Å². The molecule has 6 nitrogen and oxygen atoms in total. The number of para-hydroxylation sites is 1. The van der Waals surface area contributed by atoms with Gasteiger partial charge in [0.05, 0.1) is 24.8 Å². The van der Waals surface area contributed by atoms with Gasteiger partial charge in [-0.2, -0.15) is 4.68 Å². The molecule has 0 radical (unpaired) electrons. The van der Waals surface area contributed by atoms with Crippen LogP contribution in [0.5, 0.6) is 0 Å². The summed E-state index contributed by atoms with van der Waals surface area (Å²) in [6.45, 7) is 3.32. The van der Waals surface area contributed by atoms with Crippen molar-refractivity contribution in [1.82, 2.24) is 20.2 Å². The SMILES string of the molecule is c1ccc(C[NH+]2CC[C@H](Nc3nnnn3-c3ccccc3)C2)cc1. The van der Waals surface area contributed by atoms with E-state index < -0.39 is 0 Å². The first-order valence-electron chi connectivity index (χ1n) is 8.36. The number of hydrogen-bond acceptors (Lipinski definition) is 4. The molecule has 1 saturated heterocycles. The number of tetrazole rings is 1. The van der Waals surface area contributed by atoms with E-state index in [4.69, 9.17) is 0 Å². The Bertz CT molecular complexity index is 770. The lowest BCUT2D eigenvalue weighted by atomic mass is 10.2. The number of aromatic nitrogens is 4. The lowest BCUT2D eigenvalue weighted by Crippen LogP contribution is -3.09.